The van der Waals surface area contributed by atoms with Crippen molar-refractivity contribution in [2.45, 2.75) is 37.1 Å². The fourth-order valence-electron chi connectivity index (χ4n) is 1.79. The Morgan fingerprint density at radius 3 is 2.35 bits per heavy atom. The van der Waals surface area contributed by atoms with Crippen LogP contribution < -0.4 is 10.5 Å². The molecule has 0 fully saturated rings. The predicted octanol–water partition coefficient (Wildman–Crippen LogP) is 2.09. The highest BCUT2D eigenvalue weighted by Gasteiger charge is 2.36. The number of benzene rings is 1. The molecule has 0 atom stereocenters. The zero-order valence-corrected chi connectivity index (χ0v) is 12.7. The molecule has 1 aromatic rings. The van der Waals surface area contributed by atoms with Crippen LogP contribution in [0, 0.1) is 11.6 Å². The summed E-state index contributed by atoms with van der Waals surface area (Å²) in [4.78, 5) is -0.803. The summed E-state index contributed by atoms with van der Waals surface area (Å²) in [5.74, 6) is -1.89. The molecular formula is C12H16F2N2O2S2. The van der Waals surface area contributed by atoms with E-state index in [1.807, 2.05) is 0 Å². The third kappa shape index (κ3) is 3.31. The van der Waals surface area contributed by atoms with Gasteiger partial charge in [-0.3, -0.25) is 0 Å². The van der Waals surface area contributed by atoms with Gasteiger partial charge in [0.1, 0.15) is 16.5 Å². The Morgan fingerprint density at radius 1 is 1.35 bits per heavy atom. The number of halogens is 2. The number of nitrogens with two attached hydrogens (primary N) is 1. The van der Waals surface area contributed by atoms with Crippen LogP contribution in [0.4, 0.5) is 8.78 Å². The number of thiocarbonyl (C=S) groups is 1. The molecule has 0 aliphatic rings. The van der Waals surface area contributed by atoms with Gasteiger partial charge in [0.2, 0.25) is 10.0 Å². The minimum absolute atomic E-state index is 0.0390. The quantitative estimate of drug-likeness (QED) is 0.787. The van der Waals surface area contributed by atoms with Crippen LogP contribution in [0.2, 0.25) is 0 Å². The van der Waals surface area contributed by atoms with Crippen molar-refractivity contribution in [3.8, 4) is 0 Å². The van der Waals surface area contributed by atoms with Crippen LogP contribution in [0.1, 0.15) is 26.7 Å². The molecule has 0 aliphatic carbocycles. The molecule has 1 aromatic carbocycles. The third-order valence-corrected chi connectivity index (χ3v) is 5.13. The van der Waals surface area contributed by atoms with E-state index in [1.54, 1.807) is 13.8 Å². The van der Waals surface area contributed by atoms with Crippen molar-refractivity contribution in [1.82, 2.24) is 4.72 Å². The van der Waals surface area contributed by atoms with Gasteiger partial charge in [-0.15, -0.1) is 0 Å². The zero-order chi connectivity index (χ0) is 15.6. The molecule has 0 bridgehead atoms. The van der Waals surface area contributed by atoms with Crippen LogP contribution >= 0.6 is 12.2 Å². The van der Waals surface area contributed by atoms with Crippen LogP contribution in [0.3, 0.4) is 0 Å². The summed E-state index contributed by atoms with van der Waals surface area (Å²) in [6, 6.07) is 2.21. The first-order chi connectivity index (χ1) is 9.18. The molecule has 0 saturated heterocycles. The lowest BCUT2D eigenvalue weighted by atomic mass is 9.94. The standard InChI is InChI=1S/C12H16F2N2O2S2/c1-3-12(4-2,11(15)19)16-20(17,18)10-7-8(13)5-6-9(10)14/h5-7,16H,3-4H2,1-2H3,(H2,15,19). The summed E-state index contributed by atoms with van der Waals surface area (Å²) in [6.07, 6.45) is 0.601. The molecule has 0 heterocycles. The minimum atomic E-state index is -4.27. The topological polar surface area (TPSA) is 72.2 Å². The summed E-state index contributed by atoms with van der Waals surface area (Å²) < 4.78 is 53.4. The largest absolute Gasteiger partial charge is 0.392 e. The lowest BCUT2D eigenvalue weighted by molar-refractivity contribution is 0.461. The van der Waals surface area contributed by atoms with Gasteiger partial charge in [0.05, 0.1) is 10.5 Å². The normalized spacial score (nSPS) is 12.4. The van der Waals surface area contributed by atoms with E-state index in [9.17, 15) is 17.2 Å². The monoisotopic (exact) mass is 322 g/mol. The second-order valence-corrected chi connectivity index (χ2v) is 6.42. The highest BCUT2D eigenvalue weighted by Crippen LogP contribution is 2.22. The SMILES string of the molecule is CCC(CC)(NS(=O)(=O)c1cc(F)ccc1F)C(N)=S. The first kappa shape index (κ1) is 16.9. The lowest BCUT2D eigenvalue weighted by Crippen LogP contribution is -2.55. The Bertz CT molecular complexity index is 614. The van der Waals surface area contributed by atoms with Crippen LogP contribution in [0.25, 0.3) is 0 Å². The molecule has 20 heavy (non-hydrogen) atoms. The zero-order valence-electron chi connectivity index (χ0n) is 11.1. The minimum Gasteiger partial charge on any atom is -0.392 e. The van der Waals surface area contributed by atoms with Gasteiger partial charge in [-0.25, -0.2) is 17.2 Å². The molecule has 8 heteroatoms. The second kappa shape index (κ2) is 6.11. The van der Waals surface area contributed by atoms with E-state index in [1.165, 1.54) is 0 Å². The Labute approximate surface area is 122 Å². The Hall–Kier alpha value is -1.12. The van der Waals surface area contributed by atoms with Crippen molar-refractivity contribution in [2.75, 3.05) is 0 Å². The first-order valence-electron chi connectivity index (χ1n) is 5.97. The highest BCUT2D eigenvalue weighted by atomic mass is 32.2. The predicted molar refractivity (Wildman–Crippen MR) is 76.8 cm³/mol. The van der Waals surface area contributed by atoms with Gasteiger partial charge in [0.25, 0.3) is 0 Å². The average molecular weight is 322 g/mol. The molecule has 1 rings (SSSR count). The fourth-order valence-corrected chi connectivity index (χ4v) is 3.81. The van der Waals surface area contributed by atoms with E-state index in [4.69, 9.17) is 18.0 Å². The number of rotatable bonds is 6. The van der Waals surface area contributed by atoms with Crippen LogP contribution in [0.15, 0.2) is 23.1 Å². The summed E-state index contributed by atoms with van der Waals surface area (Å²) in [5, 5.41) is 0. The van der Waals surface area contributed by atoms with Crippen molar-refractivity contribution in [3.63, 3.8) is 0 Å². The van der Waals surface area contributed by atoms with E-state index in [-0.39, 0.29) is 4.99 Å². The van der Waals surface area contributed by atoms with Gasteiger partial charge in [-0.05, 0) is 31.0 Å². The lowest BCUT2D eigenvalue weighted by Gasteiger charge is -2.31. The molecule has 112 valence electrons. The molecular weight excluding hydrogens is 306 g/mol. The van der Waals surface area contributed by atoms with Crippen molar-refractivity contribution >= 4 is 27.2 Å². The molecule has 0 unspecified atom stereocenters. The Morgan fingerprint density at radius 2 is 1.90 bits per heavy atom. The maximum absolute atomic E-state index is 13.6. The summed E-state index contributed by atoms with van der Waals surface area (Å²) in [5.41, 5.74) is 4.42. The molecule has 0 saturated carbocycles. The molecule has 0 aliphatic heterocycles. The number of sulfonamides is 1. The van der Waals surface area contributed by atoms with Crippen molar-refractivity contribution in [3.05, 3.63) is 29.8 Å². The highest BCUT2D eigenvalue weighted by molar-refractivity contribution is 7.89. The molecule has 3 N–H and O–H groups in total. The molecule has 0 radical (unpaired) electrons. The number of nitrogens with one attached hydrogen (secondary N) is 1. The number of hydrogen-bond acceptors (Lipinski definition) is 3. The van der Waals surface area contributed by atoms with Gasteiger partial charge >= 0.3 is 0 Å². The van der Waals surface area contributed by atoms with Crippen molar-refractivity contribution in [1.29, 1.82) is 0 Å². The molecule has 4 nitrogen and oxygen atoms in total. The maximum Gasteiger partial charge on any atom is 0.244 e. The summed E-state index contributed by atoms with van der Waals surface area (Å²) in [7, 11) is -4.27. The summed E-state index contributed by atoms with van der Waals surface area (Å²) in [6.45, 7) is 3.40. The van der Waals surface area contributed by atoms with Crippen LogP contribution in [-0.2, 0) is 10.0 Å². The van der Waals surface area contributed by atoms with Crippen LogP contribution in [0.5, 0.6) is 0 Å². The maximum atomic E-state index is 13.6. The van der Waals surface area contributed by atoms with E-state index in [0.717, 1.165) is 12.1 Å². The smallest absolute Gasteiger partial charge is 0.244 e. The van der Waals surface area contributed by atoms with Gasteiger partial charge in [-0.1, -0.05) is 26.1 Å². The molecule has 0 spiro atoms. The van der Waals surface area contributed by atoms with Gasteiger partial charge < -0.3 is 5.73 Å². The number of hydrogen-bond donors (Lipinski definition) is 2. The summed E-state index contributed by atoms with van der Waals surface area (Å²) >= 11 is 4.89. The van der Waals surface area contributed by atoms with Gasteiger partial charge in [0, 0.05) is 0 Å². The Kier molecular flexibility index (Phi) is 5.17. The van der Waals surface area contributed by atoms with E-state index >= 15 is 0 Å². The second-order valence-electron chi connectivity index (χ2n) is 4.33. The molecule has 0 aromatic heterocycles. The van der Waals surface area contributed by atoms with Crippen LogP contribution in [-0.4, -0.2) is 18.9 Å². The van der Waals surface area contributed by atoms with Gasteiger partial charge in [-0.2, -0.15) is 4.72 Å². The van der Waals surface area contributed by atoms with Gasteiger partial charge in [0.15, 0.2) is 0 Å². The van der Waals surface area contributed by atoms with E-state index in [2.05, 4.69) is 4.72 Å². The fraction of sp³-hybridized carbons (Fsp3) is 0.417. The Balaban J connectivity index is 3.30. The van der Waals surface area contributed by atoms with Crippen molar-refractivity contribution in [2.24, 2.45) is 5.73 Å². The third-order valence-electron chi connectivity index (χ3n) is 3.19. The average Bonchev–Trinajstić information content (AvgIpc) is 2.38. The van der Waals surface area contributed by atoms with Crippen molar-refractivity contribution < 1.29 is 17.2 Å². The first-order valence-corrected chi connectivity index (χ1v) is 7.86. The van der Waals surface area contributed by atoms with E-state index < -0.39 is 32.1 Å². The van der Waals surface area contributed by atoms with E-state index in [0.29, 0.717) is 18.9 Å². The molecule has 0 amide bonds.